The van der Waals surface area contributed by atoms with Crippen LogP contribution in [0.4, 0.5) is 0 Å². The van der Waals surface area contributed by atoms with Crippen molar-refractivity contribution in [2.75, 3.05) is 6.61 Å². The average molecular weight is 425 g/mol. The predicted molar refractivity (Wildman–Crippen MR) is 130 cm³/mol. The van der Waals surface area contributed by atoms with E-state index in [0.717, 1.165) is 40.8 Å². The van der Waals surface area contributed by atoms with Crippen LogP contribution in [0.3, 0.4) is 0 Å². The summed E-state index contributed by atoms with van der Waals surface area (Å²) >= 11 is 0. The van der Waals surface area contributed by atoms with E-state index >= 15 is 0 Å². The normalized spacial score (nSPS) is 11.8. The van der Waals surface area contributed by atoms with Gasteiger partial charge in [0.1, 0.15) is 5.75 Å². The molecule has 4 rings (SSSR count). The maximum atomic E-state index is 13.2. The van der Waals surface area contributed by atoms with Crippen LogP contribution in [0.25, 0.3) is 22.2 Å². The number of aryl methyl sites for hydroxylation is 1. The highest BCUT2D eigenvalue weighted by Gasteiger charge is 2.16. The summed E-state index contributed by atoms with van der Waals surface area (Å²) in [6.07, 6.45) is 1.81. The second kappa shape index (κ2) is 10.1. The fourth-order valence-electron chi connectivity index (χ4n) is 3.80. The van der Waals surface area contributed by atoms with Gasteiger partial charge in [0.2, 0.25) is 0 Å². The summed E-state index contributed by atoms with van der Waals surface area (Å²) < 4.78 is 5.54. The summed E-state index contributed by atoms with van der Waals surface area (Å²) in [5.74, 6) is 0.749. The first kappa shape index (κ1) is 21.6. The van der Waals surface area contributed by atoms with E-state index < -0.39 is 0 Å². The van der Waals surface area contributed by atoms with Crippen molar-refractivity contribution in [1.29, 1.82) is 0 Å². The molecule has 3 aromatic carbocycles. The van der Waals surface area contributed by atoms with Crippen molar-refractivity contribution >= 4 is 16.8 Å². The minimum Gasteiger partial charge on any atom is -0.494 e. The van der Waals surface area contributed by atoms with Crippen LogP contribution in [0.15, 0.2) is 84.9 Å². The predicted octanol–water partition coefficient (Wildman–Crippen LogP) is 6.05. The highest BCUT2D eigenvalue weighted by molar-refractivity contribution is 6.07. The molecular weight excluding hydrogens is 396 g/mol. The second-order valence-electron chi connectivity index (χ2n) is 7.93. The molecule has 162 valence electrons. The zero-order valence-electron chi connectivity index (χ0n) is 18.5. The van der Waals surface area contributed by atoms with Crippen LogP contribution in [-0.4, -0.2) is 23.5 Å². The maximum absolute atomic E-state index is 13.2. The van der Waals surface area contributed by atoms with Crippen LogP contribution in [0.1, 0.15) is 36.2 Å². The summed E-state index contributed by atoms with van der Waals surface area (Å²) in [5.41, 5.74) is 4.45. The lowest BCUT2D eigenvalue weighted by Crippen LogP contribution is -2.33. The Bertz CT molecular complexity index is 1190. The van der Waals surface area contributed by atoms with Gasteiger partial charge in [0.05, 0.1) is 23.4 Å². The van der Waals surface area contributed by atoms with Gasteiger partial charge < -0.3 is 10.1 Å². The number of para-hydroxylation sites is 1. The number of benzene rings is 3. The molecule has 1 atom stereocenters. The van der Waals surface area contributed by atoms with E-state index in [0.29, 0.717) is 12.2 Å². The molecule has 0 aliphatic carbocycles. The van der Waals surface area contributed by atoms with Crippen LogP contribution in [-0.2, 0) is 6.42 Å². The number of hydrogen-bond donors (Lipinski definition) is 1. The summed E-state index contributed by atoms with van der Waals surface area (Å²) in [4.78, 5) is 18.0. The van der Waals surface area contributed by atoms with Crippen molar-refractivity contribution in [2.45, 2.75) is 32.7 Å². The number of nitrogens with one attached hydrogen (secondary N) is 1. The topological polar surface area (TPSA) is 51.2 Å². The van der Waals surface area contributed by atoms with Gasteiger partial charge in [-0.25, -0.2) is 4.98 Å². The lowest BCUT2D eigenvalue weighted by molar-refractivity contribution is 0.0940. The summed E-state index contributed by atoms with van der Waals surface area (Å²) in [6, 6.07) is 27.9. The molecule has 0 bridgehead atoms. The number of aromatic nitrogens is 1. The number of amides is 1. The van der Waals surface area contributed by atoms with E-state index in [2.05, 4.69) is 24.4 Å². The van der Waals surface area contributed by atoms with Gasteiger partial charge in [0.25, 0.3) is 5.91 Å². The van der Waals surface area contributed by atoms with Gasteiger partial charge >= 0.3 is 0 Å². The average Bonchev–Trinajstić information content (AvgIpc) is 2.83. The number of rotatable bonds is 8. The Hall–Kier alpha value is -3.66. The van der Waals surface area contributed by atoms with Crippen LogP contribution in [0.2, 0.25) is 0 Å². The molecule has 0 radical (unpaired) electrons. The maximum Gasteiger partial charge on any atom is 0.252 e. The standard InChI is InChI=1S/C28H28N2O2/c1-3-32-23-17-15-22(16-18-23)27-19-25(24-11-7-8-12-26(24)30-27)28(31)29-20(2)13-14-21-9-5-4-6-10-21/h4-12,15-20H,3,13-14H2,1-2H3,(H,29,31)/t20-/m1/s1. The number of carbonyl (C=O) groups excluding carboxylic acids is 1. The molecule has 1 amide bonds. The Balaban J connectivity index is 1.57. The third-order valence-electron chi connectivity index (χ3n) is 5.51. The first-order valence-electron chi connectivity index (χ1n) is 11.1. The van der Waals surface area contributed by atoms with E-state index in [1.165, 1.54) is 5.56 Å². The first-order valence-corrected chi connectivity index (χ1v) is 11.1. The summed E-state index contributed by atoms with van der Waals surface area (Å²) in [5, 5.41) is 4.03. The monoisotopic (exact) mass is 424 g/mol. The largest absolute Gasteiger partial charge is 0.494 e. The van der Waals surface area contributed by atoms with E-state index in [4.69, 9.17) is 9.72 Å². The van der Waals surface area contributed by atoms with Crippen LogP contribution in [0, 0.1) is 0 Å². The molecule has 0 aliphatic heterocycles. The molecule has 0 aliphatic rings. The van der Waals surface area contributed by atoms with Crippen molar-refractivity contribution in [1.82, 2.24) is 10.3 Å². The lowest BCUT2D eigenvalue weighted by Gasteiger charge is -2.16. The Kier molecular flexibility index (Phi) is 6.81. The molecule has 1 heterocycles. The number of fused-ring (bicyclic) bond motifs is 1. The quantitative estimate of drug-likeness (QED) is 0.374. The number of nitrogens with zero attached hydrogens (tertiary/aromatic N) is 1. The number of carbonyl (C=O) groups is 1. The third kappa shape index (κ3) is 5.14. The molecule has 4 nitrogen and oxygen atoms in total. The van der Waals surface area contributed by atoms with E-state index in [1.807, 2.05) is 79.7 Å². The van der Waals surface area contributed by atoms with Crippen molar-refractivity contribution in [3.63, 3.8) is 0 Å². The molecule has 0 fully saturated rings. The Morgan fingerprint density at radius 3 is 2.44 bits per heavy atom. The Morgan fingerprint density at radius 1 is 0.969 bits per heavy atom. The van der Waals surface area contributed by atoms with Crippen LogP contribution in [0.5, 0.6) is 5.75 Å². The van der Waals surface area contributed by atoms with E-state index in [-0.39, 0.29) is 11.9 Å². The number of pyridine rings is 1. The highest BCUT2D eigenvalue weighted by Crippen LogP contribution is 2.26. The van der Waals surface area contributed by atoms with Gasteiger partial charge in [0, 0.05) is 17.0 Å². The minimum atomic E-state index is -0.0728. The summed E-state index contributed by atoms with van der Waals surface area (Å²) in [6.45, 7) is 4.64. The number of hydrogen-bond acceptors (Lipinski definition) is 3. The lowest BCUT2D eigenvalue weighted by atomic mass is 10.0. The fourth-order valence-corrected chi connectivity index (χ4v) is 3.80. The molecular formula is C28H28N2O2. The van der Waals surface area contributed by atoms with Crippen molar-refractivity contribution < 1.29 is 9.53 Å². The van der Waals surface area contributed by atoms with Gasteiger partial charge in [-0.1, -0.05) is 48.5 Å². The zero-order chi connectivity index (χ0) is 22.3. The van der Waals surface area contributed by atoms with Crippen LogP contribution < -0.4 is 10.1 Å². The number of ether oxygens (including phenoxy) is 1. The van der Waals surface area contributed by atoms with Gasteiger partial charge in [-0.15, -0.1) is 0 Å². The molecule has 1 N–H and O–H groups in total. The minimum absolute atomic E-state index is 0.0589. The van der Waals surface area contributed by atoms with Gasteiger partial charge in [-0.2, -0.15) is 0 Å². The van der Waals surface area contributed by atoms with E-state index in [1.54, 1.807) is 0 Å². The van der Waals surface area contributed by atoms with Crippen molar-refractivity contribution in [3.05, 3.63) is 96.1 Å². The molecule has 0 saturated carbocycles. The van der Waals surface area contributed by atoms with Crippen molar-refractivity contribution in [3.8, 4) is 17.0 Å². The molecule has 0 unspecified atom stereocenters. The smallest absolute Gasteiger partial charge is 0.252 e. The van der Waals surface area contributed by atoms with Gasteiger partial charge in [0.15, 0.2) is 0 Å². The Labute approximate surface area is 189 Å². The van der Waals surface area contributed by atoms with Gasteiger partial charge in [-0.05, 0) is 68.7 Å². The molecule has 1 aromatic heterocycles. The molecule has 32 heavy (non-hydrogen) atoms. The second-order valence-corrected chi connectivity index (χ2v) is 7.93. The molecule has 4 heteroatoms. The fraction of sp³-hybridized carbons (Fsp3) is 0.214. The highest BCUT2D eigenvalue weighted by atomic mass is 16.5. The van der Waals surface area contributed by atoms with Crippen molar-refractivity contribution in [2.24, 2.45) is 0 Å². The zero-order valence-corrected chi connectivity index (χ0v) is 18.5. The Morgan fingerprint density at radius 2 is 1.69 bits per heavy atom. The van der Waals surface area contributed by atoms with E-state index in [9.17, 15) is 4.79 Å². The first-order chi connectivity index (χ1) is 15.6. The molecule has 0 spiro atoms. The molecule has 4 aromatic rings. The molecule has 0 saturated heterocycles. The SMILES string of the molecule is CCOc1ccc(-c2cc(C(=O)N[C@H](C)CCc3ccccc3)c3ccccc3n2)cc1. The third-order valence-corrected chi connectivity index (χ3v) is 5.51. The van der Waals surface area contributed by atoms with Crippen LogP contribution >= 0.6 is 0 Å². The summed E-state index contributed by atoms with van der Waals surface area (Å²) in [7, 11) is 0. The van der Waals surface area contributed by atoms with Gasteiger partial charge in [-0.3, -0.25) is 4.79 Å².